The number of hydrogen-bond donors (Lipinski definition) is 1. The molecule has 1 aromatic heterocycles. The lowest BCUT2D eigenvalue weighted by Crippen LogP contribution is -2.46. The Bertz CT molecular complexity index is 1030. The standard InChI is InChI=1S/C25H28FN3OS/c1-3-19-17-21(25(31-19)27-24(30)18-9-5-4-6-10-18)23(20-11-7-8-12-22(20)26)29-15-13-28(2)14-16-29/h4-12,17,23H,3,13-16H2,1-2H3,(H,27,30)/t23-/m1/s1. The van der Waals surface area contributed by atoms with Gasteiger partial charge < -0.3 is 10.2 Å². The van der Waals surface area contributed by atoms with Crippen molar-refractivity contribution < 1.29 is 9.18 Å². The number of aryl methyl sites for hydroxylation is 1. The highest BCUT2D eigenvalue weighted by Gasteiger charge is 2.31. The monoisotopic (exact) mass is 437 g/mol. The zero-order valence-corrected chi connectivity index (χ0v) is 18.8. The fraction of sp³-hybridized carbons (Fsp3) is 0.320. The second kappa shape index (κ2) is 9.73. The Hall–Kier alpha value is -2.54. The number of benzene rings is 2. The van der Waals surface area contributed by atoms with Gasteiger partial charge in [-0.05, 0) is 37.7 Å². The van der Waals surface area contributed by atoms with Crippen LogP contribution in [0.3, 0.4) is 0 Å². The summed E-state index contributed by atoms with van der Waals surface area (Å²) >= 11 is 1.58. The van der Waals surface area contributed by atoms with Gasteiger partial charge in [0.1, 0.15) is 10.8 Å². The Morgan fingerprint density at radius 2 is 1.71 bits per heavy atom. The summed E-state index contributed by atoms with van der Waals surface area (Å²) < 4.78 is 15.0. The maximum absolute atomic E-state index is 15.0. The summed E-state index contributed by atoms with van der Waals surface area (Å²) in [5.41, 5.74) is 2.24. The molecule has 2 aromatic carbocycles. The second-order valence-electron chi connectivity index (χ2n) is 7.93. The molecule has 3 aromatic rings. The predicted octanol–water partition coefficient (Wildman–Crippen LogP) is 5.04. The normalized spacial score (nSPS) is 16.2. The number of nitrogens with zero attached hydrogens (tertiary/aromatic N) is 2. The molecule has 0 saturated carbocycles. The van der Waals surface area contributed by atoms with Gasteiger partial charge in [-0.2, -0.15) is 0 Å². The van der Waals surface area contributed by atoms with E-state index in [0.717, 1.165) is 43.2 Å². The van der Waals surface area contributed by atoms with E-state index in [2.05, 4.69) is 35.2 Å². The maximum Gasteiger partial charge on any atom is 0.256 e. The zero-order chi connectivity index (χ0) is 21.8. The number of rotatable bonds is 6. The van der Waals surface area contributed by atoms with Gasteiger partial charge in [-0.25, -0.2) is 4.39 Å². The van der Waals surface area contributed by atoms with Crippen LogP contribution in [0.1, 0.15) is 39.3 Å². The van der Waals surface area contributed by atoms with E-state index in [1.807, 2.05) is 30.3 Å². The SMILES string of the molecule is CCc1cc([C@@H](c2ccccc2F)N2CCN(C)CC2)c(NC(=O)c2ccccc2)s1. The smallest absolute Gasteiger partial charge is 0.256 e. The average molecular weight is 438 g/mol. The van der Waals surface area contributed by atoms with Crippen LogP contribution in [0.4, 0.5) is 9.39 Å². The summed E-state index contributed by atoms with van der Waals surface area (Å²) in [5, 5.41) is 3.92. The van der Waals surface area contributed by atoms with Crippen molar-refractivity contribution in [3.05, 3.63) is 88.0 Å². The van der Waals surface area contributed by atoms with E-state index in [-0.39, 0.29) is 17.8 Å². The summed E-state index contributed by atoms with van der Waals surface area (Å²) in [4.78, 5) is 18.7. The van der Waals surface area contributed by atoms with Crippen LogP contribution in [0.5, 0.6) is 0 Å². The summed E-state index contributed by atoms with van der Waals surface area (Å²) in [6.45, 7) is 5.66. The Balaban J connectivity index is 1.75. The van der Waals surface area contributed by atoms with Crippen molar-refractivity contribution in [2.24, 2.45) is 0 Å². The Morgan fingerprint density at radius 1 is 1.03 bits per heavy atom. The van der Waals surface area contributed by atoms with E-state index in [0.29, 0.717) is 11.1 Å². The molecule has 1 N–H and O–H groups in total. The van der Waals surface area contributed by atoms with E-state index in [1.54, 1.807) is 29.5 Å². The Kier molecular flexibility index (Phi) is 6.80. The fourth-order valence-corrected chi connectivity index (χ4v) is 5.06. The molecule has 1 atom stereocenters. The lowest BCUT2D eigenvalue weighted by Gasteiger charge is -2.38. The maximum atomic E-state index is 15.0. The first-order chi connectivity index (χ1) is 15.1. The number of thiophene rings is 1. The number of amides is 1. The molecule has 0 unspecified atom stereocenters. The van der Waals surface area contributed by atoms with Crippen molar-refractivity contribution in [2.75, 3.05) is 38.5 Å². The molecular formula is C25H28FN3OS. The van der Waals surface area contributed by atoms with Gasteiger partial charge in [0.25, 0.3) is 5.91 Å². The number of hydrogen-bond acceptors (Lipinski definition) is 4. The van der Waals surface area contributed by atoms with Gasteiger partial charge in [0.15, 0.2) is 0 Å². The van der Waals surface area contributed by atoms with Gasteiger partial charge in [-0.1, -0.05) is 43.3 Å². The quantitative estimate of drug-likeness (QED) is 0.587. The third-order valence-electron chi connectivity index (χ3n) is 5.82. The van der Waals surface area contributed by atoms with Crippen LogP contribution < -0.4 is 5.32 Å². The molecule has 1 aliphatic heterocycles. The number of nitrogens with one attached hydrogen (secondary N) is 1. The number of halogens is 1. The molecule has 162 valence electrons. The van der Waals surface area contributed by atoms with E-state index in [1.165, 1.54) is 10.9 Å². The molecule has 1 amide bonds. The molecule has 1 aliphatic rings. The summed E-state index contributed by atoms with van der Waals surface area (Å²) in [7, 11) is 2.11. The van der Waals surface area contributed by atoms with Crippen LogP contribution in [0.2, 0.25) is 0 Å². The molecule has 4 nitrogen and oxygen atoms in total. The molecule has 0 radical (unpaired) electrons. The fourth-order valence-electron chi connectivity index (χ4n) is 4.04. The molecule has 2 heterocycles. The minimum Gasteiger partial charge on any atom is -0.313 e. The van der Waals surface area contributed by atoms with Crippen molar-refractivity contribution >= 4 is 22.2 Å². The van der Waals surface area contributed by atoms with Gasteiger partial charge in [-0.3, -0.25) is 9.69 Å². The molecule has 4 rings (SSSR count). The summed E-state index contributed by atoms with van der Waals surface area (Å²) in [5.74, 6) is -0.354. The van der Waals surface area contributed by atoms with Crippen molar-refractivity contribution in [3.63, 3.8) is 0 Å². The van der Waals surface area contributed by atoms with Gasteiger partial charge in [0.05, 0.1) is 6.04 Å². The first-order valence-electron chi connectivity index (χ1n) is 10.7. The van der Waals surface area contributed by atoms with E-state index < -0.39 is 0 Å². The molecule has 1 fully saturated rings. The first kappa shape index (κ1) is 21.7. The van der Waals surface area contributed by atoms with Gasteiger partial charge in [0, 0.05) is 47.7 Å². The number of carbonyl (C=O) groups is 1. The van der Waals surface area contributed by atoms with Gasteiger partial charge >= 0.3 is 0 Å². The van der Waals surface area contributed by atoms with Crippen LogP contribution in [-0.2, 0) is 6.42 Å². The third kappa shape index (κ3) is 4.87. The number of piperazine rings is 1. The molecular weight excluding hydrogens is 409 g/mol. The molecule has 0 bridgehead atoms. The van der Waals surface area contributed by atoms with Crippen molar-refractivity contribution in [2.45, 2.75) is 19.4 Å². The highest BCUT2D eigenvalue weighted by Crippen LogP contribution is 2.40. The minimum absolute atomic E-state index is 0.142. The largest absolute Gasteiger partial charge is 0.313 e. The van der Waals surface area contributed by atoms with Crippen LogP contribution in [0, 0.1) is 5.82 Å². The zero-order valence-electron chi connectivity index (χ0n) is 18.0. The Morgan fingerprint density at radius 3 is 2.39 bits per heavy atom. The molecule has 1 saturated heterocycles. The number of likely N-dealkylation sites (N-methyl/N-ethyl adjacent to an activating group) is 1. The first-order valence-corrected chi connectivity index (χ1v) is 11.5. The molecule has 6 heteroatoms. The van der Waals surface area contributed by atoms with E-state index >= 15 is 0 Å². The van der Waals surface area contributed by atoms with Crippen LogP contribution >= 0.6 is 11.3 Å². The van der Waals surface area contributed by atoms with Crippen LogP contribution in [0.25, 0.3) is 0 Å². The van der Waals surface area contributed by atoms with Crippen LogP contribution in [-0.4, -0.2) is 48.9 Å². The highest BCUT2D eigenvalue weighted by atomic mass is 32.1. The van der Waals surface area contributed by atoms with E-state index in [9.17, 15) is 9.18 Å². The van der Waals surface area contributed by atoms with Gasteiger partial charge in [-0.15, -0.1) is 11.3 Å². The van der Waals surface area contributed by atoms with Crippen LogP contribution in [0.15, 0.2) is 60.7 Å². The molecule has 0 spiro atoms. The number of carbonyl (C=O) groups excluding carboxylic acids is 1. The average Bonchev–Trinajstić information content (AvgIpc) is 3.19. The van der Waals surface area contributed by atoms with Gasteiger partial charge in [0.2, 0.25) is 0 Å². The van der Waals surface area contributed by atoms with E-state index in [4.69, 9.17) is 0 Å². The second-order valence-corrected chi connectivity index (χ2v) is 9.07. The predicted molar refractivity (Wildman–Crippen MR) is 125 cm³/mol. The van der Waals surface area contributed by atoms with Crippen molar-refractivity contribution in [3.8, 4) is 0 Å². The minimum atomic E-state index is -0.238. The van der Waals surface area contributed by atoms with Crippen molar-refractivity contribution in [1.29, 1.82) is 0 Å². The van der Waals surface area contributed by atoms with Crippen molar-refractivity contribution in [1.82, 2.24) is 9.80 Å². The molecule has 0 aliphatic carbocycles. The molecule has 31 heavy (non-hydrogen) atoms. The lowest BCUT2D eigenvalue weighted by atomic mass is 9.96. The summed E-state index contributed by atoms with van der Waals surface area (Å²) in [6.07, 6.45) is 0.867. The Labute approximate surface area is 187 Å². The highest BCUT2D eigenvalue weighted by molar-refractivity contribution is 7.16. The topological polar surface area (TPSA) is 35.6 Å². The third-order valence-corrected chi connectivity index (χ3v) is 7.03. The lowest BCUT2D eigenvalue weighted by molar-refractivity contribution is 0.102. The summed E-state index contributed by atoms with van der Waals surface area (Å²) in [6, 6.07) is 18.1. The number of anilines is 1.